The molecule has 160 valence electrons. The Kier molecular flexibility index (Phi) is 4.85. The highest BCUT2D eigenvalue weighted by atomic mass is 16.7. The molecule has 1 spiro atoms. The third-order valence-corrected chi connectivity index (χ3v) is 6.54. The smallest absolute Gasteiger partial charge is 0.223 e. The number of rotatable bonds is 5. The van der Waals surface area contributed by atoms with Gasteiger partial charge >= 0.3 is 0 Å². The molecule has 5 rings (SSSR count). The lowest BCUT2D eigenvalue weighted by molar-refractivity contribution is -0.146. The molecule has 2 aliphatic heterocycles. The highest BCUT2D eigenvalue weighted by Crippen LogP contribution is 2.48. The van der Waals surface area contributed by atoms with Gasteiger partial charge in [-0.3, -0.25) is 4.79 Å². The van der Waals surface area contributed by atoms with Crippen molar-refractivity contribution < 1.29 is 14.4 Å². The van der Waals surface area contributed by atoms with Crippen LogP contribution in [0, 0.1) is 5.92 Å². The number of fused-ring (bicyclic) bond motifs is 1. The van der Waals surface area contributed by atoms with Gasteiger partial charge in [-0.25, -0.2) is 9.67 Å². The number of nitrogens with one attached hydrogen (secondary N) is 2. The first-order valence-electron chi connectivity index (χ1n) is 10.8. The summed E-state index contributed by atoms with van der Waals surface area (Å²) < 4.78 is 7.42. The van der Waals surface area contributed by atoms with Crippen molar-refractivity contribution in [2.45, 2.75) is 57.2 Å². The Labute approximate surface area is 175 Å². The standard InChI is InChI=1S/C21H28N6O3/c1-3-27-19-16(12-24-27)18(25-14-4-6-29-7-5-14)15(11-23-19)17-10-21(30-26-17)8-13(9-21)20(28)22-2/h11-14H,3-10H2,1-2H3,(H,22,28)(H,23,25). The number of hydrogen-bond donors (Lipinski definition) is 2. The molecular weight excluding hydrogens is 384 g/mol. The van der Waals surface area contributed by atoms with Crippen LogP contribution >= 0.6 is 0 Å². The number of pyridine rings is 1. The minimum absolute atomic E-state index is 0.00720. The Hall–Kier alpha value is -2.68. The molecule has 4 heterocycles. The van der Waals surface area contributed by atoms with Crippen molar-refractivity contribution in [1.82, 2.24) is 20.1 Å². The molecule has 1 amide bonds. The summed E-state index contributed by atoms with van der Waals surface area (Å²) >= 11 is 0. The molecule has 9 heteroatoms. The highest BCUT2D eigenvalue weighted by molar-refractivity contribution is 6.11. The quantitative estimate of drug-likeness (QED) is 0.779. The zero-order valence-electron chi connectivity index (χ0n) is 17.5. The third-order valence-electron chi connectivity index (χ3n) is 6.54. The summed E-state index contributed by atoms with van der Waals surface area (Å²) in [6.45, 7) is 4.36. The van der Waals surface area contributed by atoms with Crippen molar-refractivity contribution in [3.05, 3.63) is 18.0 Å². The van der Waals surface area contributed by atoms with Gasteiger partial charge in [0.05, 0.1) is 23.0 Å². The van der Waals surface area contributed by atoms with Crippen LogP contribution in [0.5, 0.6) is 0 Å². The van der Waals surface area contributed by atoms with E-state index < -0.39 is 0 Å². The van der Waals surface area contributed by atoms with Crippen LogP contribution in [-0.4, -0.2) is 58.3 Å². The van der Waals surface area contributed by atoms with Gasteiger partial charge in [-0.15, -0.1) is 0 Å². The van der Waals surface area contributed by atoms with E-state index in [1.807, 2.05) is 17.1 Å². The van der Waals surface area contributed by atoms with Crippen molar-refractivity contribution in [2.75, 3.05) is 25.6 Å². The van der Waals surface area contributed by atoms with Crippen molar-refractivity contribution in [3.8, 4) is 0 Å². The average Bonchev–Trinajstić information content (AvgIpc) is 3.38. The number of nitrogens with zero attached hydrogens (tertiary/aromatic N) is 4. The molecule has 9 nitrogen and oxygen atoms in total. The molecule has 1 aliphatic carbocycles. The first-order chi connectivity index (χ1) is 14.6. The molecule has 0 aromatic carbocycles. The lowest BCUT2D eigenvalue weighted by Crippen LogP contribution is -2.49. The molecule has 1 saturated carbocycles. The van der Waals surface area contributed by atoms with Crippen molar-refractivity contribution in [1.29, 1.82) is 0 Å². The van der Waals surface area contributed by atoms with Gasteiger partial charge in [0.15, 0.2) is 5.65 Å². The minimum Gasteiger partial charge on any atom is -0.388 e. The zero-order chi connectivity index (χ0) is 20.7. The molecule has 0 unspecified atom stereocenters. The van der Waals surface area contributed by atoms with Gasteiger partial charge in [0.25, 0.3) is 0 Å². The highest BCUT2D eigenvalue weighted by Gasteiger charge is 2.53. The third kappa shape index (κ3) is 3.21. The number of hydrogen-bond acceptors (Lipinski definition) is 7. The van der Waals surface area contributed by atoms with Crippen LogP contribution in [0.15, 0.2) is 17.5 Å². The molecule has 0 bridgehead atoms. The molecule has 0 radical (unpaired) electrons. The number of aryl methyl sites for hydroxylation is 1. The Bertz CT molecular complexity index is 988. The van der Waals surface area contributed by atoms with Gasteiger partial charge in [-0.05, 0) is 19.8 Å². The summed E-state index contributed by atoms with van der Waals surface area (Å²) in [7, 11) is 1.68. The van der Waals surface area contributed by atoms with E-state index in [0.717, 1.165) is 60.6 Å². The molecule has 2 N–H and O–H groups in total. The lowest BCUT2D eigenvalue weighted by atomic mass is 9.68. The maximum Gasteiger partial charge on any atom is 0.223 e. The van der Waals surface area contributed by atoms with Gasteiger partial charge in [-0.2, -0.15) is 5.10 Å². The second-order valence-corrected chi connectivity index (χ2v) is 8.48. The van der Waals surface area contributed by atoms with E-state index in [4.69, 9.17) is 14.6 Å². The summed E-state index contributed by atoms with van der Waals surface area (Å²) in [6.07, 6.45) is 7.79. The summed E-state index contributed by atoms with van der Waals surface area (Å²) in [5.41, 5.74) is 3.38. The van der Waals surface area contributed by atoms with E-state index in [0.29, 0.717) is 25.3 Å². The summed E-state index contributed by atoms with van der Waals surface area (Å²) in [4.78, 5) is 22.5. The second-order valence-electron chi connectivity index (χ2n) is 8.48. The number of oxime groups is 1. The molecule has 2 aromatic heterocycles. The summed E-state index contributed by atoms with van der Waals surface area (Å²) in [5, 5.41) is 16.4. The van der Waals surface area contributed by atoms with Crippen molar-refractivity contribution in [3.63, 3.8) is 0 Å². The predicted octanol–water partition coefficient (Wildman–Crippen LogP) is 2.06. The fraction of sp³-hybridized carbons (Fsp3) is 0.619. The number of ether oxygens (including phenoxy) is 1. The number of anilines is 1. The zero-order valence-corrected chi connectivity index (χ0v) is 17.5. The summed E-state index contributed by atoms with van der Waals surface area (Å²) in [5.74, 6) is 0.0855. The Balaban J connectivity index is 1.44. The number of aromatic nitrogens is 3. The van der Waals surface area contributed by atoms with Gasteiger partial charge in [0.2, 0.25) is 5.91 Å². The fourth-order valence-electron chi connectivity index (χ4n) is 4.79. The van der Waals surface area contributed by atoms with Gasteiger partial charge in [0.1, 0.15) is 5.60 Å². The van der Waals surface area contributed by atoms with Crippen LogP contribution in [0.1, 0.15) is 44.6 Å². The van der Waals surface area contributed by atoms with E-state index >= 15 is 0 Å². The SMILES string of the molecule is CCn1ncc2c(NC3CCOCC3)c(C3=NOC4(C3)CC(C(=O)NC)C4)cnc21. The maximum atomic E-state index is 11.9. The molecule has 3 aliphatic rings. The monoisotopic (exact) mass is 412 g/mol. The van der Waals surface area contributed by atoms with E-state index in [9.17, 15) is 4.79 Å². The number of carbonyl (C=O) groups excluding carboxylic acids is 1. The molecule has 2 fully saturated rings. The Morgan fingerprint density at radius 3 is 2.83 bits per heavy atom. The van der Waals surface area contributed by atoms with Crippen LogP contribution in [-0.2, 0) is 20.9 Å². The fourth-order valence-corrected chi connectivity index (χ4v) is 4.79. The summed E-state index contributed by atoms with van der Waals surface area (Å²) in [6, 6.07) is 0.339. The van der Waals surface area contributed by atoms with Gasteiger partial charge in [-0.1, -0.05) is 5.16 Å². The van der Waals surface area contributed by atoms with Gasteiger partial charge < -0.3 is 20.2 Å². The van der Waals surface area contributed by atoms with Crippen LogP contribution in [0.25, 0.3) is 11.0 Å². The molecule has 0 atom stereocenters. The Morgan fingerprint density at radius 2 is 2.10 bits per heavy atom. The molecule has 1 saturated heterocycles. The molecular formula is C21H28N6O3. The maximum absolute atomic E-state index is 11.9. The van der Waals surface area contributed by atoms with Gasteiger partial charge in [0, 0.05) is 69.8 Å². The normalized spacial score (nSPS) is 26.3. The number of amides is 1. The van der Waals surface area contributed by atoms with Crippen LogP contribution in [0.4, 0.5) is 5.69 Å². The van der Waals surface area contributed by atoms with Crippen molar-refractivity contribution >= 4 is 28.3 Å². The van der Waals surface area contributed by atoms with E-state index in [2.05, 4.69) is 27.8 Å². The van der Waals surface area contributed by atoms with E-state index in [-0.39, 0.29) is 17.4 Å². The molecule has 2 aromatic rings. The van der Waals surface area contributed by atoms with E-state index in [1.54, 1.807) is 7.05 Å². The minimum atomic E-state index is -0.356. The average molecular weight is 412 g/mol. The van der Waals surface area contributed by atoms with E-state index in [1.165, 1.54) is 0 Å². The second kappa shape index (κ2) is 7.54. The van der Waals surface area contributed by atoms with Crippen LogP contribution in [0.3, 0.4) is 0 Å². The lowest BCUT2D eigenvalue weighted by Gasteiger charge is -2.41. The Morgan fingerprint density at radius 1 is 1.30 bits per heavy atom. The van der Waals surface area contributed by atoms with Crippen molar-refractivity contribution in [2.24, 2.45) is 11.1 Å². The largest absolute Gasteiger partial charge is 0.388 e. The van der Waals surface area contributed by atoms with Crippen LogP contribution < -0.4 is 10.6 Å². The first kappa shape index (κ1) is 19.3. The predicted molar refractivity (Wildman–Crippen MR) is 112 cm³/mol. The van der Waals surface area contributed by atoms with Crippen LogP contribution in [0.2, 0.25) is 0 Å². The molecule has 30 heavy (non-hydrogen) atoms. The topological polar surface area (TPSA) is 103 Å². The number of carbonyl (C=O) groups is 1. The first-order valence-corrected chi connectivity index (χ1v) is 10.8.